The fraction of sp³-hybridized carbons (Fsp3) is 0.500. The van der Waals surface area contributed by atoms with Gasteiger partial charge in [-0.15, -0.1) is 0 Å². The lowest BCUT2D eigenvalue weighted by atomic mass is 9.96. The number of hydrogen-bond donors (Lipinski definition) is 4. The zero-order chi connectivity index (χ0) is 14.5. The topological polar surface area (TPSA) is 127 Å². The second kappa shape index (κ2) is 4.38. The van der Waals surface area contributed by atoms with Crippen molar-refractivity contribution in [2.75, 3.05) is 12.3 Å². The summed E-state index contributed by atoms with van der Waals surface area (Å²) in [6.45, 7) is 1.07. The number of nitrogens with zero attached hydrogens (tertiary/aromatic N) is 3. The van der Waals surface area contributed by atoms with Gasteiger partial charge in [-0.1, -0.05) is 0 Å². The highest BCUT2D eigenvalue weighted by atomic mass is 16.6. The van der Waals surface area contributed by atoms with Crippen LogP contribution in [-0.2, 0) is 4.74 Å². The first kappa shape index (κ1) is 13.3. The molecule has 1 aliphatic heterocycles. The number of anilines is 1. The third-order valence-corrected chi connectivity index (χ3v) is 3.73. The van der Waals surface area contributed by atoms with Crippen molar-refractivity contribution in [3.05, 3.63) is 18.6 Å². The minimum Gasteiger partial charge on any atom is -0.394 e. The molecule has 5 N–H and O–H groups in total. The monoisotopic (exact) mass is 280 g/mol. The first-order valence-electron chi connectivity index (χ1n) is 6.20. The SMILES string of the molecule is C[C@@]1(O)[C@@H](n2ccc3c(N)ncnc32)O[C@H](CO)[C@@H]1O. The molecule has 0 bridgehead atoms. The lowest BCUT2D eigenvalue weighted by Gasteiger charge is -2.27. The van der Waals surface area contributed by atoms with Crippen molar-refractivity contribution in [2.24, 2.45) is 0 Å². The quantitative estimate of drug-likeness (QED) is 0.556. The molecule has 4 atom stereocenters. The molecular weight excluding hydrogens is 264 g/mol. The molecule has 0 aliphatic carbocycles. The normalized spacial score (nSPS) is 33.9. The van der Waals surface area contributed by atoms with Gasteiger partial charge in [0.05, 0.1) is 12.0 Å². The van der Waals surface area contributed by atoms with Crippen molar-refractivity contribution < 1.29 is 20.1 Å². The Kier molecular flexibility index (Phi) is 2.91. The lowest BCUT2D eigenvalue weighted by molar-refractivity contribution is -0.0948. The molecule has 8 nitrogen and oxygen atoms in total. The summed E-state index contributed by atoms with van der Waals surface area (Å²) >= 11 is 0. The van der Waals surface area contributed by atoms with E-state index in [1.54, 1.807) is 16.8 Å². The van der Waals surface area contributed by atoms with Gasteiger partial charge in [-0.2, -0.15) is 0 Å². The zero-order valence-electron chi connectivity index (χ0n) is 10.8. The molecule has 0 amide bonds. The van der Waals surface area contributed by atoms with Crippen LogP contribution >= 0.6 is 0 Å². The molecule has 0 unspecified atom stereocenters. The number of aliphatic hydroxyl groups is 3. The summed E-state index contributed by atoms with van der Waals surface area (Å²) in [6.07, 6.45) is 0.0428. The van der Waals surface area contributed by atoms with E-state index < -0.39 is 24.0 Å². The van der Waals surface area contributed by atoms with Gasteiger partial charge >= 0.3 is 0 Å². The maximum absolute atomic E-state index is 10.4. The summed E-state index contributed by atoms with van der Waals surface area (Å²) < 4.78 is 7.12. The fourth-order valence-electron chi connectivity index (χ4n) is 2.57. The molecule has 2 aromatic rings. The average molecular weight is 280 g/mol. The van der Waals surface area contributed by atoms with Crippen molar-refractivity contribution in [2.45, 2.75) is 31.0 Å². The predicted octanol–water partition coefficient (Wildman–Crippen LogP) is -0.985. The predicted molar refractivity (Wildman–Crippen MR) is 69.6 cm³/mol. The first-order chi connectivity index (χ1) is 9.46. The maximum Gasteiger partial charge on any atom is 0.167 e. The molecule has 0 spiro atoms. The van der Waals surface area contributed by atoms with E-state index in [-0.39, 0.29) is 6.61 Å². The molecule has 1 saturated heterocycles. The van der Waals surface area contributed by atoms with Gasteiger partial charge in [-0.25, -0.2) is 9.97 Å². The maximum atomic E-state index is 10.4. The van der Waals surface area contributed by atoms with Gasteiger partial charge in [-0.3, -0.25) is 0 Å². The van der Waals surface area contributed by atoms with E-state index in [4.69, 9.17) is 10.5 Å². The molecule has 0 saturated carbocycles. The highest BCUT2D eigenvalue weighted by Gasteiger charge is 2.53. The van der Waals surface area contributed by atoms with E-state index in [1.165, 1.54) is 13.3 Å². The van der Waals surface area contributed by atoms with Crippen LogP contribution in [0.5, 0.6) is 0 Å². The number of aromatic nitrogens is 3. The smallest absolute Gasteiger partial charge is 0.167 e. The van der Waals surface area contributed by atoms with Crippen LogP contribution < -0.4 is 5.73 Å². The summed E-state index contributed by atoms with van der Waals surface area (Å²) in [7, 11) is 0. The van der Waals surface area contributed by atoms with Crippen molar-refractivity contribution in [3.8, 4) is 0 Å². The second-order valence-electron chi connectivity index (χ2n) is 5.10. The van der Waals surface area contributed by atoms with Crippen LogP contribution in [0.25, 0.3) is 11.0 Å². The van der Waals surface area contributed by atoms with Gasteiger partial charge in [0.15, 0.2) is 6.23 Å². The number of ether oxygens (including phenoxy) is 1. The second-order valence-corrected chi connectivity index (χ2v) is 5.10. The molecule has 3 rings (SSSR count). The van der Waals surface area contributed by atoms with Gasteiger partial charge in [0.25, 0.3) is 0 Å². The summed E-state index contributed by atoms with van der Waals surface area (Å²) in [4.78, 5) is 8.01. The summed E-state index contributed by atoms with van der Waals surface area (Å²) in [6, 6.07) is 1.71. The lowest BCUT2D eigenvalue weighted by Crippen LogP contribution is -2.44. The molecule has 2 aromatic heterocycles. The highest BCUT2D eigenvalue weighted by Crippen LogP contribution is 2.39. The van der Waals surface area contributed by atoms with Crippen molar-refractivity contribution in [1.82, 2.24) is 14.5 Å². The number of nitrogens with two attached hydrogens (primary N) is 1. The van der Waals surface area contributed by atoms with E-state index in [1.807, 2.05) is 0 Å². The van der Waals surface area contributed by atoms with Crippen LogP contribution in [0.4, 0.5) is 5.82 Å². The Morgan fingerprint density at radius 1 is 1.50 bits per heavy atom. The Morgan fingerprint density at radius 3 is 2.90 bits per heavy atom. The van der Waals surface area contributed by atoms with Crippen LogP contribution in [0, 0.1) is 0 Å². The molecular formula is C12H16N4O4. The Balaban J connectivity index is 2.10. The van der Waals surface area contributed by atoms with Crippen LogP contribution in [0.15, 0.2) is 18.6 Å². The molecule has 1 fully saturated rings. The van der Waals surface area contributed by atoms with Crippen LogP contribution in [0.3, 0.4) is 0 Å². The number of rotatable bonds is 2. The number of nitrogen functional groups attached to an aromatic ring is 1. The summed E-state index contributed by atoms with van der Waals surface area (Å²) in [5.41, 5.74) is 4.70. The standard InChI is InChI=1S/C12H16N4O4/c1-12(19)8(18)7(4-17)20-11(12)16-3-2-6-9(13)14-5-15-10(6)16/h2-3,5,7-8,11,17-19H,4H2,1H3,(H2,13,14,15)/t7-,8+,11+,12+/m1/s1. The van der Waals surface area contributed by atoms with E-state index in [9.17, 15) is 15.3 Å². The largest absolute Gasteiger partial charge is 0.394 e. The van der Waals surface area contributed by atoms with Crippen LogP contribution in [-0.4, -0.2) is 54.3 Å². The first-order valence-corrected chi connectivity index (χ1v) is 6.20. The van der Waals surface area contributed by atoms with Gasteiger partial charge in [0.1, 0.15) is 35.6 Å². The van der Waals surface area contributed by atoms with Gasteiger partial charge < -0.3 is 30.4 Å². The van der Waals surface area contributed by atoms with E-state index in [0.717, 1.165) is 0 Å². The van der Waals surface area contributed by atoms with E-state index >= 15 is 0 Å². The van der Waals surface area contributed by atoms with Crippen molar-refractivity contribution in [3.63, 3.8) is 0 Å². The van der Waals surface area contributed by atoms with Gasteiger partial charge in [0.2, 0.25) is 0 Å². The molecule has 20 heavy (non-hydrogen) atoms. The van der Waals surface area contributed by atoms with Gasteiger partial charge in [0, 0.05) is 6.20 Å². The average Bonchev–Trinajstić information content (AvgIpc) is 2.92. The molecule has 8 heteroatoms. The number of fused-ring (bicyclic) bond motifs is 1. The van der Waals surface area contributed by atoms with Crippen LogP contribution in [0.2, 0.25) is 0 Å². The van der Waals surface area contributed by atoms with Crippen molar-refractivity contribution in [1.29, 1.82) is 0 Å². The third kappa shape index (κ3) is 1.70. The Hall–Kier alpha value is -1.74. The Labute approximate surface area is 114 Å². The zero-order valence-corrected chi connectivity index (χ0v) is 10.8. The minimum absolute atomic E-state index is 0.325. The van der Waals surface area contributed by atoms with Gasteiger partial charge in [-0.05, 0) is 13.0 Å². The van der Waals surface area contributed by atoms with E-state index in [2.05, 4.69) is 9.97 Å². The summed E-state index contributed by atoms with van der Waals surface area (Å²) in [5, 5.41) is 30.3. The third-order valence-electron chi connectivity index (χ3n) is 3.73. The fourth-order valence-corrected chi connectivity index (χ4v) is 2.57. The summed E-state index contributed by atoms with van der Waals surface area (Å²) in [5.74, 6) is 0.325. The van der Waals surface area contributed by atoms with Crippen molar-refractivity contribution >= 4 is 16.9 Å². The molecule has 3 heterocycles. The minimum atomic E-state index is -1.56. The molecule has 0 radical (unpaired) electrons. The molecule has 1 aliphatic rings. The number of aliphatic hydroxyl groups excluding tert-OH is 2. The van der Waals surface area contributed by atoms with E-state index in [0.29, 0.717) is 16.9 Å². The highest BCUT2D eigenvalue weighted by molar-refractivity contribution is 5.86. The Bertz CT molecular complexity index is 641. The molecule has 108 valence electrons. The Morgan fingerprint density at radius 2 is 2.25 bits per heavy atom. The number of hydrogen-bond acceptors (Lipinski definition) is 7. The van der Waals surface area contributed by atoms with Crippen LogP contribution in [0.1, 0.15) is 13.2 Å². The molecule has 0 aromatic carbocycles.